The number of nitrogens with zero attached hydrogens (tertiary/aromatic N) is 1. The molecular formula is C19H18BrNO4. The summed E-state index contributed by atoms with van der Waals surface area (Å²) >= 11 is 3.40. The molecule has 2 bridgehead atoms. The lowest BCUT2D eigenvalue weighted by molar-refractivity contribution is -0.146. The fourth-order valence-corrected chi connectivity index (χ4v) is 4.69. The number of halogens is 1. The highest BCUT2D eigenvalue weighted by molar-refractivity contribution is 9.10. The molecule has 25 heavy (non-hydrogen) atoms. The van der Waals surface area contributed by atoms with E-state index in [1.807, 2.05) is 37.3 Å². The first-order chi connectivity index (χ1) is 11.8. The molecule has 1 N–H and O–H groups in total. The van der Waals surface area contributed by atoms with E-state index in [0.717, 1.165) is 15.7 Å². The molecule has 0 radical (unpaired) electrons. The molecule has 3 aliphatic rings. The fraction of sp³-hybridized carbons (Fsp3) is 0.368. The molecule has 0 unspecified atom stereocenters. The second-order valence-corrected chi connectivity index (χ2v) is 7.91. The molecule has 0 aliphatic carbocycles. The molecule has 6 heteroatoms. The number of rotatable bonds is 4. The maximum absolute atomic E-state index is 13.3. The maximum atomic E-state index is 13.3. The van der Waals surface area contributed by atoms with Gasteiger partial charge >= 0.3 is 5.97 Å². The number of fused-ring (bicyclic) bond motifs is 1. The van der Waals surface area contributed by atoms with Gasteiger partial charge in [-0.25, -0.2) is 0 Å². The van der Waals surface area contributed by atoms with Gasteiger partial charge in [0.05, 0.1) is 18.1 Å². The summed E-state index contributed by atoms with van der Waals surface area (Å²) in [4.78, 5) is 26.8. The SMILES string of the molecule is C=C(C)C[C@H]1N(c2ccc(Br)cc2)C(=O)[C@H]2[C@@H](C(=O)O)[C@H]3C=C[C@@]21O3. The average molecular weight is 404 g/mol. The van der Waals surface area contributed by atoms with E-state index in [0.29, 0.717) is 6.42 Å². The van der Waals surface area contributed by atoms with E-state index in [9.17, 15) is 14.7 Å². The lowest BCUT2D eigenvalue weighted by Crippen LogP contribution is -2.45. The Hall–Kier alpha value is -1.92. The number of carbonyl (C=O) groups is 2. The number of carbonyl (C=O) groups excluding carboxylic acids is 1. The van der Waals surface area contributed by atoms with E-state index in [-0.39, 0.29) is 11.9 Å². The van der Waals surface area contributed by atoms with Crippen molar-refractivity contribution in [1.29, 1.82) is 0 Å². The van der Waals surface area contributed by atoms with Crippen molar-refractivity contribution in [1.82, 2.24) is 0 Å². The molecule has 2 fully saturated rings. The Morgan fingerprint density at radius 3 is 2.68 bits per heavy atom. The molecule has 1 amide bonds. The molecule has 130 valence electrons. The number of carboxylic acids is 1. The number of hydrogen-bond donors (Lipinski definition) is 1. The number of aliphatic carboxylic acids is 1. The molecule has 5 atom stereocenters. The van der Waals surface area contributed by atoms with Gasteiger partial charge in [-0.05, 0) is 37.6 Å². The highest BCUT2D eigenvalue weighted by Crippen LogP contribution is 2.56. The molecule has 5 nitrogen and oxygen atoms in total. The largest absolute Gasteiger partial charge is 0.481 e. The van der Waals surface area contributed by atoms with Crippen LogP contribution >= 0.6 is 15.9 Å². The normalized spacial score (nSPS) is 35.3. The Kier molecular flexibility index (Phi) is 3.67. The molecule has 3 aliphatic heterocycles. The number of amides is 1. The third-order valence-electron chi connectivity index (χ3n) is 5.35. The predicted octanol–water partition coefficient (Wildman–Crippen LogP) is 3.15. The summed E-state index contributed by atoms with van der Waals surface area (Å²) in [6.45, 7) is 5.90. The Labute approximate surface area is 154 Å². The number of carboxylic acid groups (broad SMARTS) is 1. The third-order valence-corrected chi connectivity index (χ3v) is 5.88. The van der Waals surface area contributed by atoms with Crippen molar-refractivity contribution in [2.24, 2.45) is 11.8 Å². The van der Waals surface area contributed by atoms with Crippen molar-refractivity contribution in [3.63, 3.8) is 0 Å². The summed E-state index contributed by atoms with van der Waals surface area (Å²) < 4.78 is 7.03. The lowest BCUT2D eigenvalue weighted by atomic mass is 9.74. The lowest BCUT2D eigenvalue weighted by Gasteiger charge is -2.33. The molecule has 4 rings (SSSR count). The van der Waals surface area contributed by atoms with Gasteiger partial charge in [0.25, 0.3) is 0 Å². The van der Waals surface area contributed by atoms with Gasteiger partial charge in [0.15, 0.2) is 0 Å². The van der Waals surface area contributed by atoms with Crippen LogP contribution in [-0.4, -0.2) is 34.7 Å². The molecular weight excluding hydrogens is 386 g/mol. The molecule has 2 saturated heterocycles. The van der Waals surface area contributed by atoms with Crippen LogP contribution in [0, 0.1) is 11.8 Å². The second kappa shape index (κ2) is 5.54. The first-order valence-electron chi connectivity index (χ1n) is 8.18. The standard InChI is InChI=1S/C19H18BrNO4/c1-10(2)9-14-19-8-7-13(25-19)15(18(23)24)16(19)17(22)21(14)12-5-3-11(20)4-6-12/h3-8,13-16H,1,9H2,2H3,(H,23,24)/t13-,14-,15+,16-,19+/m1/s1. The molecule has 0 aromatic heterocycles. The van der Waals surface area contributed by atoms with Crippen LogP contribution in [0.2, 0.25) is 0 Å². The average Bonchev–Trinajstić information content (AvgIpc) is 3.18. The van der Waals surface area contributed by atoms with Crippen molar-refractivity contribution >= 4 is 33.5 Å². The first-order valence-corrected chi connectivity index (χ1v) is 8.97. The highest BCUT2D eigenvalue weighted by atomic mass is 79.9. The van der Waals surface area contributed by atoms with Gasteiger partial charge in [0, 0.05) is 10.2 Å². The summed E-state index contributed by atoms with van der Waals surface area (Å²) in [6.07, 6.45) is 3.71. The Morgan fingerprint density at radius 1 is 1.40 bits per heavy atom. The topological polar surface area (TPSA) is 66.8 Å². The smallest absolute Gasteiger partial charge is 0.310 e. The van der Waals surface area contributed by atoms with Crippen molar-refractivity contribution in [2.45, 2.75) is 31.1 Å². The van der Waals surface area contributed by atoms with Gasteiger partial charge < -0.3 is 14.7 Å². The number of benzene rings is 1. The number of hydrogen-bond acceptors (Lipinski definition) is 3. The molecule has 1 aromatic carbocycles. The minimum absolute atomic E-state index is 0.187. The summed E-state index contributed by atoms with van der Waals surface area (Å²) in [6, 6.07) is 7.16. The zero-order valence-corrected chi connectivity index (χ0v) is 15.3. The van der Waals surface area contributed by atoms with Gasteiger partial charge in [-0.15, -0.1) is 6.58 Å². The van der Waals surface area contributed by atoms with E-state index >= 15 is 0 Å². The van der Waals surface area contributed by atoms with E-state index in [2.05, 4.69) is 22.5 Å². The third kappa shape index (κ3) is 2.24. The Morgan fingerprint density at radius 2 is 2.08 bits per heavy atom. The van der Waals surface area contributed by atoms with Crippen molar-refractivity contribution in [2.75, 3.05) is 4.90 Å². The van der Waals surface area contributed by atoms with Crippen molar-refractivity contribution < 1.29 is 19.4 Å². The van der Waals surface area contributed by atoms with E-state index in [4.69, 9.17) is 4.74 Å². The van der Waals surface area contributed by atoms with Gasteiger partial charge in [0.1, 0.15) is 11.5 Å². The highest BCUT2D eigenvalue weighted by Gasteiger charge is 2.71. The minimum Gasteiger partial charge on any atom is -0.481 e. The summed E-state index contributed by atoms with van der Waals surface area (Å²) in [5.74, 6) is -2.72. The van der Waals surface area contributed by atoms with Crippen LogP contribution in [0.25, 0.3) is 0 Å². The van der Waals surface area contributed by atoms with Crippen LogP contribution in [0.5, 0.6) is 0 Å². The van der Waals surface area contributed by atoms with Crippen molar-refractivity contribution in [3.8, 4) is 0 Å². The van der Waals surface area contributed by atoms with Gasteiger partial charge in [-0.3, -0.25) is 9.59 Å². The van der Waals surface area contributed by atoms with E-state index < -0.39 is 29.5 Å². The zero-order valence-electron chi connectivity index (χ0n) is 13.7. The number of ether oxygens (including phenoxy) is 1. The Bertz CT molecular complexity index is 802. The van der Waals surface area contributed by atoms with Crippen LogP contribution in [0.15, 0.2) is 53.0 Å². The molecule has 3 heterocycles. The second-order valence-electron chi connectivity index (χ2n) is 7.00. The van der Waals surface area contributed by atoms with Crippen LogP contribution in [0.1, 0.15) is 13.3 Å². The number of anilines is 1. The summed E-state index contributed by atoms with van der Waals surface area (Å²) in [5, 5.41) is 9.65. The molecule has 1 aromatic rings. The van der Waals surface area contributed by atoms with Gasteiger partial charge in [-0.1, -0.05) is 33.7 Å². The Balaban J connectivity index is 1.84. The van der Waals surface area contributed by atoms with Gasteiger partial charge in [0.2, 0.25) is 5.91 Å². The van der Waals surface area contributed by atoms with Crippen LogP contribution in [0.4, 0.5) is 5.69 Å². The molecule has 0 saturated carbocycles. The fourth-order valence-electron chi connectivity index (χ4n) is 4.42. The summed E-state index contributed by atoms with van der Waals surface area (Å²) in [7, 11) is 0. The maximum Gasteiger partial charge on any atom is 0.310 e. The minimum atomic E-state index is -0.985. The van der Waals surface area contributed by atoms with Gasteiger partial charge in [-0.2, -0.15) is 0 Å². The quantitative estimate of drug-likeness (QED) is 0.784. The predicted molar refractivity (Wildman–Crippen MR) is 96.2 cm³/mol. The van der Waals surface area contributed by atoms with Crippen LogP contribution in [0.3, 0.4) is 0 Å². The van der Waals surface area contributed by atoms with E-state index in [1.54, 1.807) is 11.0 Å². The van der Waals surface area contributed by atoms with E-state index in [1.165, 1.54) is 0 Å². The van der Waals surface area contributed by atoms with Crippen LogP contribution in [-0.2, 0) is 14.3 Å². The zero-order chi connectivity index (χ0) is 17.9. The monoisotopic (exact) mass is 403 g/mol. The first kappa shape index (κ1) is 16.5. The van der Waals surface area contributed by atoms with Crippen LogP contribution < -0.4 is 4.90 Å². The van der Waals surface area contributed by atoms with Crippen molar-refractivity contribution in [3.05, 3.63) is 53.0 Å². The molecule has 1 spiro atoms. The summed E-state index contributed by atoms with van der Waals surface area (Å²) in [5.41, 5.74) is 0.776.